The largest absolute Gasteiger partial charge is 0.305 e. The van der Waals surface area contributed by atoms with E-state index in [2.05, 4.69) is 36.7 Å². The standard InChI is InChI=1S/C12H14ClNS2/c1-8-5-6-15-12(8)9(2)14-7-10-3-4-11(13)16-10/h3-6,9,14H,7H2,1-2H3. The number of hydrogen-bond acceptors (Lipinski definition) is 3. The molecule has 2 rings (SSSR count). The third-order valence-electron chi connectivity index (χ3n) is 2.51. The molecular formula is C12H14ClNS2. The van der Waals surface area contributed by atoms with E-state index in [9.17, 15) is 0 Å². The SMILES string of the molecule is Cc1ccsc1C(C)NCc1ccc(Cl)s1. The van der Waals surface area contributed by atoms with Crippen molar-refractivity contribution < 1.29 is 0 Å². The molecule has 1 N–H and O–H groups in total. The van der Waals surface area contributed by atoms with Gasteiger partial charge in [0.1, 0.15) is 0 Å². The summed E-state index contributed by atoms with van der Waals surface area (Å²) in [6, 6.07) is 6.60. The minimum Gasteiger partial charge on any atom is -0.305 e. The van der Waals surface area contributed by atoms with E-state index >= 15 is 0 Å². The van der Waals surface area contributed by atoms with Crippen LogP contribution in [0.2, 0.25) is 4.34 Å². The third kappa shape index (κ3) is 2.86. The van der Waals surface area contributed by atoms with E-state index in [4.69, 9.17) is 11.6 Å². The zero-order chi connectivity index (χ0) is 11.5. The van der Waals surface area contributed by atoms with Gasteiger partial charge >= 0.3 is 0 Å². The second kappa shape index (κ2) is 5.32. The van der Waals surface area contributed by atoms with Crippen LogP contribution < -0.4 is 5.32 Å². The molecular weight excluding hydrogens is 258 g/mol. The molecule has 0 fully saturated rings. The molecule has 0 aliphatic rings. The summed E-state index contributed by atoms with van der Waals surface area (Å²) in [5, 5.41) is 5.66. The Hall–Kier alpha value is -0.350. The molecule has 0 bridgehead atoms. The molecule has 1 atom stereocenters. The fraction of sp³-hybridized carbons (Fsp3) is 0.333. The molecule has 2 heterocycles. The highest BCUT2D eigenvalue weighted by atomic mass is 35.5. The normalized spacial score (nSPS) is 12.9. The van der Waals surface area contributed by atoms with Crippen molar-refractivity contribution in [2.24, 2.45) is 0 Å². The summed E-state index contributed by atoms with van der Waals surface area (Å²) in [6.45, 7) is 5.25. The van der Waals surface area contributed by atoms with Crippen LogP contribution in [-0.4, -0.2) is 0 Å². The van der Waals surface area contributed by atoms with Gasteiger partial charge in [-0.3, -0.25) is 0 Å². The van der Waals surface area contributed by atoms with Crippen molar-refractivity contribution in [3.63, 3.8) is 0 Å². The molecule has 2 aromatic rings. The molecule has 0 saturated carbocycles. The quantitative estimate of drug-likeness (QED) is 0.855. The second-order valence-corrected chi connectivity index (χ2v) is 6.52. The predicted octanol–water partition coefficient (Wildman–Crippen LogP) is 4.62. The van der Waals surface area contributed by atoms with Gasteiger partial charge in [0.15, 0.2) is 0 Å². The summed E-state index contributed by atoms with van der Waals surface area (Å²) in [4.78, 5) is 2.70. The van der Waals surface area contributed by atoms with Gasteiger partial charge in [0.05, 0.1) is 4.34 Å². The first-order chi connectivity index (χ1) is 7.66. The van der Waals surface area contributed by atoms with E-state index < -0.39 is 0 Å². The van der Waals surface area contributed by atoms with Crippen LogP contribution in [0.1, 0.15) is 28.3 Å². The monoisotopic (exact) mass is 271 g/mol. The lowest BCUT2D eigenvalue weighted by molar-refractivity contribution is 0.585. The van der Waals surface area contributed by atoms with Crippen molar-refractivity contribution in [1.29, 1.82) is 0 Å². The lowest BCUT2D eigenvalue weighted by atomic mass is 10.2. The van der Waals surface area contributed by atoms with Gasteiger partial charge < -0.3 is 5.32 Å². The van der Waals surface area contributed by atoms with Gasteiger partial charge in [-0.25, -0.2) is 0 Å². The first kappa shape index (κ1) is 12.1. The first-order valence-corrected chi connectivity index (χ1v) is 7.26. The summed E-state index contributed by atoms with van der Waals surface area (Å²) in [7, 11) is 0. The number of halogens is 1. The molecule has 0 aliphatic carbocycles. The van der Waals surface area contributed by atoms with Crippen molar-refractivity contribution in [2.45, 2.75) is 26.4 Å². The maximum absolute atomic E-state index is 5.89. The number of thiophene rings is 2. The highest BCUT2D eigenvalue weighted by Gasteiger charge is 2.09. The maximum Gasteiger partial charge on any atom is 0.0931 e. The van der Waals surface area contributed by atoms with Gasteiger partial charge in [0, 0.05) is 22.3 Å². The fourth-order valence-corrected chi connectivity index (χ4v) is 3.62. The van der Waals surface area contributed by atoms with Gasteiger partial charge in [-0.1, -0.05) is 11.6 Å². The van der Waals surface area contributed by atoms with Gasteiger partial charge in [-0.2, -0.15) is 0 Å². The van der Waals surface area contributed by atoms with Crippen LogP contribution >= 0.6 is 34.3 Å². The molecule has 0 saturated heterocycles. The lowest BCUT2D eigenvalue weighted by Crippen LogP contribution is -2.17. The van der Waals surface area contributed by atoms with Gasteiger partial charge in [-0.15, -0.1) is 22.7 Å². The van der Waals surface area contributed by atoms with E-state index in [0.29, 0.717) is 6.04 Å². The summed E-state index contributed by atoms with van der Waals surface area (Å²) >= 11 is 9.34. The molecule has 0 spiro atoms. The second-order valence-electron chi connectivity index (χ2n) is 3.78. The van der Waals surface area contributed by atoms with Crippen molar-refractivity contribution in [2.75, 3.05) is 0 Å². The predicted molar refractivity (Wildman–Crippen MR) is 73.6 cm³/mol. The molecule has 4 heteroatoms. The number of rotatable bonds is 4. The van der Waals surface area contributed by atoms with E-state index in [0.717, 1.165) is 10.9 Å². The van der Waals surface area contributed by atoms with Gasteiger partial charge in [0.25, 0.3) is 0 Å². The van der Waals surface area contributed by atoms with Crippen LogP contribution in [0.3, 0.4) is 0 Å². The Morgan fingerprint density at radius 1 is 1.38 bits per heavy atom. The molecule has 16 heavy (non-hydrogen) atoms. The molecule has 0 amide bonds. The summed E-state index contributed by atoms with van der Waals surface area (Å²) < 4.78 is 0.858. The van der Waals surface area contributed by atoms with Crippen molar-refractivity contribution >= 4 is 34.3 Å². The van der Waals surface area contributed by atoms with E-state index in [1.807, 2.05) is 17.4 Å². The number of nitrogens with one attached hydrogen (secondary N) is 1. The molecule has 2 aromatic heterocycles. The van der Waals surface area contributed by atoms with E-state index in [1.54, 1.807) is 11.3 Å². The van der Waals surface area contributed by atoms with Crippen LogP contribution in [-0.2, 0) is 6.54 Å². The third-order valence-corrected chi connectivity index (χ3v) is 4.94. The van der Waals surface area contributed by atoms with E-state index in [1.165, 1.54) is 15.3 Å². The summed E-state index contributed by atoms with van der Waals surface area (Å²) in [5.41, 5.74) is 1.37. The van der Waals surface area contributed by atoms with Gasteiger partial charge in [0.2, 0.25) is 0 Å². The van der Waals surface area contributed by atoms with Crippen molar-refractivity contribution in [1.82, 2.24) is 5.32 Å². The molecule has 1 nitrogen and oxygen atoms in total. The van der Waals surface area contributed by atoms with Crippen LogP contribution in [0.25, 0.3) is 0 Å². The average Bonchev–Trinajstić information content (AvgIpc) is 2.84. The lowest BCUT2D eigenvalue weighted by Gasteiger charge is -2.12. The number of aryl methyl sites for hydroxylation is 1. The maximum atomic E-state index is 5.89. The Morgan fingerprint density at radius 2 is 2.19 bits per heavy atom. The molecule has 0 aromatic carbocycles. The summed E-state index contributed by atoms with van der Waals surface area (Å²) in [5.74, 6) is 0. The van der Waals surface area contributed by atoms with Crippen LogP contribution in [0, 0.1) is 6.92 Å². The Balaban J connectivity index is 1.93. The number of hydrogen-bond donors (Lipinski definition) is 1. The zero-order valence-corrected chi connectivity index (χ0v) is 11.7. The Morgan fingerprint density at radius 3 is 2.75 bits per heavy atom. The minimum absolute atomic E-state index is 0.404. The molecule has 0 aliphatic heterocycles. The molecule has 1 unspecified atom stereocenters. The molecule has 86 valence electrons. The van der Waals surface area contributed by atoms with Crippen LogP contribution in [0.4, 0.5) is 0 Å². The Kier molecular flexibility index (Phi) is 4.03. The highest BCUT2D eigenvalue weighted by molar-refractivity contribution is 7.16. The highest BCUT2D eigenvalue weighted by Crippen LogP contribution is 2.25. The van der Waals surface area contributed by atoms with Crippen molar-refractivity contribution in [3.8, 4) is 0 Å². The minimum atomic E-state index is 0.404. The Labute approximate surface area is 109 Å². The van der Waals surface area contributed by atoms with Crippen molar-refractivity contribution in [3.05, 3.63) is 43.2 Å². The summed E-state index contributed by atoms with van der Waals surface area (Å²) in [6.07, 6.45) is 0. The Bertz CT molecular complexity index is 461. The average molecular weight is 272 g/mol. The van der Waals surface area contributed by atoms with Crippen LogP contribution in [0.15, 0.2) is 23.6 Å². The smallest absolute Gasteiger partial charge is 0.0931 e. The fourth-order valence-electron chi connectivity index (χ4n) is 1.62. The molecule has 0 radical (unpaired) electrons. The zero-order valence-electron chi connectivity index (χ0n) is 9.29. The van der Waals surface area contributed by atoms with E-state index in [-0.39, 0.29) is 0 Å². The van der Waals surface area contributed by atoms with Gasteiger partial charge in [-0.05, 0) is 43.0 Å². The topological polar surface area (TPSA) is 12.0 Å². The first-order valence-electron chi connectivity index (χ1n) is 5.18. The van der Waals surface area contributed by atoms with Crippen LogP contribution in [0.5, 0.6) is 0 Å².